The summed E-state index contributed by atoms with van der Waals surface area (Å²) in [6, 6.07) is 7.75. The Morgan fingerprint density at radius 3 is 2.71 bits per heavy atom. The fraction of sp³-hybridized carbons (Fsp3) is 0.467. The van der Waals surface area contributed by atoms with Crippen LogP contribution in [0.25, 0.3) is 0 Å². The zero-order valence-corrected chi connectivity index (χ0v) is 10.8. The number of benzene rings is 1. The van der Waals surface area contributed by atoms with Crippen LogP contribution < -0.4 is 0 Å². The third-order valence-corrected chi connectivity index (χ3v) is 3.66. The van der Waals surface area contributed by atoms with E-state index in [1.54, 1.807) is 0 Å². The van der Waals surface area contributed by atoms with Crippen LogP contribution in [0.3, 0.4) is 0 Å². The molecule has 0 amide bonds. The first-order valence-electron chi connectivity index (χ1n) is 6.35. The van der Waals surface area contributed by atoms with Crippen molar-refractivity contribution in [3.8, 4) is 0 Å². The van der Waals surface area contributed by atoms with Gasteiger partial charge in [0.2, 0.25) is 0 Å². The Hall–Kier alpha value is -0.790. The first-order chi connectivity index (χ1) is 8.25. The van der Waals surface area contributed by atoms with Gasteiger partial charge in [-0.25, -0.2) is 0 Å². The third-order valence-electron chi connectivity index (χ3n) is 3.30. The number of halogens is 1. The standard InChI is InChI=1S/C15H19ClO/c16-15-9-5-4-8-13(15)11-14(17)10-12-6-2-1-3-7-12/h4-6,8-9,14,17H,1-3,7,10-11H2. The largest absolute Gasteiger partial charge is 0.392 e. The van der Waals surface area contributed by atoms with Crippen LogP contribution in [0.4, 0.5) is 0 Å². The van der Waals surface area contributed by atoms with Crippen LogP contribution in [0.5, 0.6) is 0 Å². The van der Waals surface area contributed by atoms with E-state index in [1.807, 2.05) is 24.3 Å². The first kappa shape index (κ1) is 12.7. The normalized spacial score (nSPS) is 17.6. The van der Waals surface area contributed by atoms with Crippen molar-refractivity contribution < 1.29 is 5.11 Å². The highest BCUT2D eigenvalue weighted by Crippen LogP contribution is 2.24. The molecule has 0 radical (unpaired) electrons. The molecule has 92 valence electrons. The van der Waals surface area contributed by atoms with E-state index in [2.05, 4.69) is 6.08 Å². The molecular formula is C15H19ClO. The summed E-state index contributed by atoms with van der Waals surface area (Å²) in [7, 11) is 0. The number of hydrogen-bond acceptors (Lipinski definition) is 1. The SMILES string of the molecule is OC(CC1=CCCCC1)Cc1ccccc1Cl. The number of allylic oxidation sites excluding steroid dienone is 1. The molecule has 0 spiro atoms. The lowest BCUT2D eigenvalue weighted by Gasteiger charge is -2.17. The van der Waals surface area contributed by atoms with Gasteiger partial charge < -0.3 is 5.11 Å². The highest BCUT2D eigenvalue weighted by atomic mass is 35.5. The van der Waals surface area contributed by atoms with E-state index in [9.17, 15) is 5.11 Å². The van der Waals surface area contributed by atoms with E-state index in [1.165, 1.54) is 24.8 Å². The summed E-state index contributed by atoms with van der Waals surface area (Å²) in [6.07, 6.45) is 8.32. The summed E-state index contributed by atoms with van der Waals surface area (Å²) in [5.41, 5.74) is 2.45. The minimum Gasteiger partial charge on any atom is -0.392 e. The third kappa shape index (κ3) is 3.86. The summed E-state index contributed by atoms with van der Waals surface area (Å²) >= 11 is 6.09. The summed E-state index contributed by atoms with van der Waals surface area (Å²) in [6.45, 7) is 0. The van der Waals surface area contributed by atoms with E-state index in [0.29, 0.717) is 6.42 Å². The second-order valence-electron chi connectivity index (χ2n) is 4.76. The van der Waals surface area contributed by atoms with Crippen LogP contribution >= 0.6 is 11.6 Å². The Morgan fingerprint density at radius 1 is 1.18 bits per heavy atom. The van der Waals surface area contributed by atoms with Gasteiger partial charge >= 0.3 is 0 Å². The number of aliphatic hydroxyl groups excluding tert-OH is 1. The topological polar surface area (TPSA) is 20.2 Å². The fourth-order valence-electron chi connectivity index (χ4n) is 2.38. The average molecular weight is 251 g/mol. The van der Waals surface area contributed by atoms with Crippen LogP contribution in [-0.2, 0) is 6.42 Å². The van der Waals surface area contributed by atoms with Gasteiger partial charge in [0.25, 0.3) is 0 Å². The highest BCUT2D eigenvalue weighted by molar-refractivity contribution is 6.31. The molecule has 17 heavy (non-hydrogen) atoms. The Bertz CT molecular complexity index is 398. The van der Waals surface area contributed by atoms with Gasteiger partial charge in [-0.2, -0.15) is 0 Å². The van der Waals surface area contributed by atoms with Gasteiger partial charge in [0.05, 0.1) is 6.10 Å². The maximum atomic E-state index is 10.1. The zero-order valence-electron chi connectivity index (χ0n) is 10.0. The van der Waals surface area contributed by atoms with E-state index in [-0.39, 0.29) is 6.10 Å². The monoisotopic (exact) mass is 250 g/mol. The predicted octanol–water partition coefficient (Wildman–Crippen LogP) is 4.13. The van der Waals surface area contributed by atoms with Gasteiger partial charge in [0.15, 0.2) is 0 Å². The fourth-order valence-corrected chi connectivity index (χ4v) is 2.60. The van der Waals surface area contributed by atoms with Crippen LogP contribution in [0.15, 0.2) is 35.9 Å². The molecule has 0 aromatic heterocycles. The summed E-state index contributed by atoms with van der Waals surface area (Å²) in [4.78, 5) is 0. The van der Waals surface area contributed by atoms with Crippen molar-refractivity contribution >= 4 is 11.6 Å². The molecule has 1 unspecified atom stereocenters. The average Bonchev–Trinajstić information content (AvgIpc) is 2.33. The first-order valence-corrected chi connectivity index (χ1v) is 6.73. The number of hydrogen-bond donors (Lipinski definition) is 1. The summed E-state index contributed by atoms with van der Waals surface area (Å²) < 4.78 is 0. The Labute approximate surface area is 108 Å². The lowest BCUT2D eigenvalue weighted by Crippen LogP contribution is -2.12. The molecule has 1 atom stereocenters. The van der Waals surface area contributed by atoms with Crippen LogP contribution in [-0.4, -0.2) is 11.2 Å². The predicted molar refractivity (Wildman–Crippen MR) is 72.3 cm³/mol. The van der Waals surface area contributed by atoms with Crippen LogP contribution in [0.2, 0.25) is 5.02 Å². The summed E-state index contributed by atoms with van der Waals surface area (Å²) in [5, 5.41) is 10.8. The second kappa shape index (κ2) is 6.23. The Kier molecular flexibility index (Phi) is 4.64. The van der Waals surface area contributed by atoms with E-state index in [4.69, 9.17) is 11.6 Å². The molecule has 0 bridgehead atoms. The molecule has 0 aliphatic heterocycles. The maximum Gasteiger partial charge on any atom is 0.0618 e. The van der Waals surface area contributed by atoms with E-state index >= 15 is 0 Å². The molecular weight excluding hydrogens is 232 g/mol. The molecule has 1 aromatic carbocycles. The van der Waals surface area contributed by atoms with Crippen LogP contribution in [0, 0.1) is 0 Å². The number of rotatable bonds is 4. The molecule has 1 aliphatic carbocycles. The smallest absolute Gasteiger partial charge is 0.0618 e. The van der Waals surface area contributed by atoms with Crippen molar-refractivity contribution in [3.63, 3.8) is 0 Å². The van der Waals surface area contributed by atoms with Crippen molar-refractivity contribution in [1.29, 1.82) is 0 Å². The number of aliphatic hydroxyl groups is 1. The van der Waals surface area contributed by atoms with Crippen molar-refractivity contribution in [2.45, 2.75) is 44.6 Å². The lowest BCUT2D eigenvalue weighted by molar-refractivity contribution is 0.173. The van der Waals surface area contributed by atoms with Gasteiger partial charge in [0.1, 0.15) is 0 Å². The van der Waals surface area contributed by atoms with E-state index < -0.39 is 0 Å². The van der Waals surface area contributed by atoms with Gasteiger partial charge in [0, 0.05) is 11.4 Å². The van der Waals surface area contributed by atoms with Crippen molar-refractivity contribution in [2.24, 2.45) is 0 Å². The Morgan fingerprint density at radius 2 is 2.00 bits per heavy atom. The van der Waals surface area contributed by atoms with Gasteiger partial charge in [-0.3, -0.25) is 0 Å². The zero-order chi connectivity index (χ0) is 12.1. The van der Waals surface area contributed by atoms with Gasteiger partial charge in [-0.05, 0) is 43.7 Å². The molecule has 0 saturated heterocycles. The molecule has 0 saturated carbocycles. The molecule has 1 aliphatic rings. The minimum absolute atomic E-state index is 0.306. The summed E-state index contributed by atoms with van der Waals surface area (Å²) in [5.74, 6) is 0. The molecule has 0 heterocycles. The van der Waals surface area contributed by atoms with E-state index in [0.717, 1.165) is 23.4 Å². The van der Waals surface area contributed by atoms with Gasteiger partial charge in [-0.1, -0.05) is 41.4 Å². The lowest BCUT2D eigenvalue weighted by atomic mass is 9.93. The van der Waals surface area contributed by atoms with Crippen molar-refractivity contribution in [3.05, 3.63) is 46.5 Å². The molecule has 1 N–H and O–H groups in total. The molecule has 2 heteroatoms. The molecule has 2 rings (SSSR count). The Balaban J connectivity index is 1.91. The van der Waals surface area contributed by atoms with Crippen molar-refractivity contribution in [1.82, 2.24) is 0 Å². The quantitative estimate of drug-likeness (QED) is 0.797. The minimum atomic E-state index is -0.306. The van der Waals surface area contributed by atoms with Crippen LogP contribution in [0.1, 0.15) is 37.7 Å². The van der Waals surface area contributed by atoms with Gasteiger partial charge in [-0.15, -0.1) is 0 Å². The molecule has 1 aromatic rings. The molecule has 0 fully saturated rings. The highest BCUT2D eigenvalue weighted by Gasteiger charge is 2.12. The second-order valence-corrected chi connectivity index (χ2v) is 5.17. The maximum absolute atomic E-state index is 10.1. The van der Waals surface area contributed by atoms with Crippen molar-refractivity contribution in [2.75, 3.05) is 0 Å². The molecule has 1 nitrogen and oxygen atoms in total.